The Kier molecular flexibility index (Phi) is 11.8. The van der Waals surface area contributed by atoms with Crippen molar-refractivity contribution >= 4 is 17.6 Å². The number of non-ortho nitro benzene ring substituents is 1. The van der Waals surface area contributed by atoms with Gasteiger partial charge in [-0.15, -0.1) is 0 Å². The van der Waals surface area contributed by atoms with Gasteiger partial charge in [0, 0.05) is 36.6 Å². The number of carbonyl (C=O) groups is 2. The molecule has 0 amide bonds. The minimum Gasteiger partial charge on any atom is -0.491 e. The second kappa shape index (κ2) is 15.5. The second-order valence-electron chi connectivity index (χ2n) is 9.21. The third-order valence-electron chi connectivity index (χ3n) is 6.25. The van der Waals surface area contributed by atoms with Crippen LogP contribution in [0, 0.1) is 10.1 Å². The first-order chi connectivity index (χ1) is 19.7. The Morgan fingerprint density at radius 1 is 1.02 bits per heavy atom. The van der Waals surface area contributed by atoms with Crippen LogP contribution in [0.3, 0.4) is 0 Å². The summed E-state index contributed by atoms with van der Waals surface area (Å²) in [7, 11) is 1.22. The topological polar surface area (TPSA) is 158 Å². The van der Waals surface area contributed by atoms with Gasteiger partial charge in [0.2, 0.25) is 0 Å². The van der Waals surface area contributed by atoms with Gasteiger partial charge < -0.3 is 34.7 Å². The molecule has 0 bridgehead atoms. The van der Waals surface area contributed by atoms with Gasteiger partial charge in [-0.2, -0.15) is 0 Å². The number of carbonyl (C=O) groups excluding carboxylic acids is 2. The number of ether oxygens (including phenoxy) is 4. The summed E-state index contributed by atoms with van der Waals surface area (Å²) in [6.45, 7) is 4.65. The molecule has 0 spiro atoms. The van der Waals surface area contributed by atoms with Crippen molar-refractivity contribution in [2.45, 2.75) is 25.9 Å². The molecule has 2 unspecified atom stereocenters. The zero-order chi connectivity index (χ0) is 29.8. The molecule has 0 fully saturated rings. The predicted molar refractivity (Wildman–Crippen MR) is 149 cm³/mol. The summed E-state index contributed by atoms with van der Waals surface area (Å²) in [5.74, 6) is -1.61. The Balaban J connectivity index is 1.51. The number of allylic oxidation sites excluding steroid dienone is 2. The highest BCUT2D eigenvalue weighted by atomic mass is 16.6. The smallest absolute Gasteiger partial charge is 0.336 e. The Labute approximate surface area is 238 Å². The average Bonchev–Trinajstić information content (AvgIpc) is 2.97. The van der Waals surface area contributed by atoms with Crippen LogP contribution in [0.1, 0.15) is 25.3 Å². The number of dihydropyridines is 1. The van der Waals surface area contributed by atoms with Crippen LogP contribution in [0.15, 0.2) is 77.1 Å². The molecule has 2 aromatic rings. The number of benzene rings is 2. The van der Waals surface area contributed by atoms with E-state index in [1.807, 2.05) is 30.3 Å². The van der Waals surface area contributed by atoms with Crippen LogP contribution in [0.4, 0.5) is 5.69 Å². The molecule has 0 aromatic heterocycles. The minimum absolute atomic E-state index is 0.0545. The maximum Gasteiger partial charge on any atom is 0.336 e. The van der Waals surface area contributed by atoms with E-state index in [0.29, 0.717) is 42.4 Å². The normalized spacial score (nSPS) is 15.7. The van der Waals surface area contributed by atoms with E-state index in [1.165, 1.54) is 25.3 Å². The van der Waals surface area contributed by atoms with Crippen molar-refractivity contribution < 1.29 is 38.6 Å². The summed E-state index contributed by atoms with van der Waals surface area (Å²) >= 11 is 0. The number of nitrogens with zero attached hydrogens (tertiary/aromatic N) is 1. The monoisotopic (exact) mass is 569 g/mol. The minimum atomic E-state index is -0.932. The van der Waals surface area contributed by atoms with E-state index < -0.39 is 28.9 Å². The maximum absolute atomic E-state index is 13.2. The van der Waals surface area contributed by atoms with E-state index in [-0.39, 0.29) is 36.7 Å². The lowest BCUT2D eigenvalue weighted by molar-refractivity contribution is -0.384. The van der Waals surface area contributed by atoms with Crippen molar-refractivity contribution in [3.8, 4) is 5.75 Å². The summed E-state index contributed by atoms with van der Waals surface area (Å²) in [5, 5.41) is 27.5. The third-order valence-corrected chi connectivity index (χ3v) is 6.25. The molecule has 1 aliphatic rings. The number of nitrogens with one attached hydrogen (secondary N) is 2. The molecule has 1 heterocycles. The predicted octanol–water partition coefficient (Wildman–Crippen LogP) is 2.59. The second-order valence-corrected chi connectivity index (χ2v) is 9.21. The first-order valence-electron chi connectivity index (χ1n) is 13.1. The van der Waals surface area contributed by atoms with E-state index in [4.69, 9.17) is 18.9 Å². The standard InChI is InChI=1S/C29H35N3O9/c1-19-25(28(34)38-3)27(21-8-7-9-22(16-21)32(36)37)26(20(2)31-19)29(35)40-15-14-39-13-12-30-17-23(33)18-41-24-10-5-4-6-11-24/h4-11,16,23,27,30-31,33H,12-15,17-18H2,1-3H3. The lowest BCUT2D eigenvalue weighted by atomic mass is 9.80. The molecule has 2 atom stereocenters. The fourth-order valence-electron chi connectivity index (χ4n) is 4.35. The molecule has 220 valence electrons. The Bertz CT molecular complexity index is 1280. The number of hydrogen-bond donors (Lipinski definition) is 3. The maximum atomic E-state index is 13.2. The van der Waals surface area contributed by atoms with Gasteiger partial charge in [0.05, 0.1) is 42.3 Å². The molecule has 0 saturated heterocycles. The highest BCUT2D eigenvalue weighted by Crippen LogP contribution is 2.40. The molecule has 0 saturated carbocycles. The fraction of sp³-hybridized carbons (Fsp3) is 0.379. The van der Waals surface area contributed by atoms with E-state index in [2.05, 4.69) is 10.6 Å². The van der Waals surface area contributed by atoms with E-state index >= 15 is 0 Å². The number of aliphatic hydroxyl groups excluding tert-OH is 1. The van der Waals surface area contributed by atoms with Gasteiger partial charge in [0.15, 0.2) is 0 Å². The van der Waals surface area contributed by atoms with Crippen LogP contribution in [0.25, 0.3) is 0 Å². The molecule has 1 aliphatic heterocycles. The Hall–Kier alpha value is -4.26. The van der Waals surface area contributed by atoms with Gasteiger partial charge in [-0.3, -0.25) is 10.1 Å². The van der Waals surface area contributed by atoms with Gasteiger partial charge in [-0.05, 0) is 31.5 Å². The van der Waals surface area contributed by atoms with Crippen LogP contribution >= 0.6 is 0 Å². The Morgan fingerprint density at radius 2 is 1.73 bits per heavy atom. The van der Waals surface area contributed by atoms with E-state index in [1.54, 1.807) is 19.9 Å². The lowest BCUT2D eigenvalue weighted by Gasteiger charge is -2.30. The summed E-state index contributed by atoms with van der Waals surface area (Å²) in [6.07, 6.45) is -0.691. The summed E-state index contributed by atoms with van der Waals surface area (Å²) in [6, 6.07) is 15.0. The highest BCUT2D eigenvalue weighted by Gasteiger charge is 2.38. The molecule has 2 aromatic carbocycles. The molecular weight excluding hydrogens is 534 g/mol. The first-order valence-corrected chi connectivity index (χ1v) is 13.1. The summed E-state index contributed by atoms with van der Waals surface area (Å²) < 4.78 is 21.4. The zero-order valence-corrected chi connectivity index (χ0v) is 23.3. The lowest BCUT2D eigenvalue weighted by Crippen LogP contribution is -2.33. The van der Waals surface area contributed by atoms with Crippen LogP contribution < -0.4 is 15.4 Å². The van der Waals surface area contributed by atoms with Crippen molar-refractivity contribution in [1.82, 2.24) is 10.6 Å². The van der Waals surface area contributed by atoms with Crippen molar-refractivity contribution in [3.63, 3.8) is 0 Å². The van der Waals surface area contributed by atoms with Gasteiger partial charge in [-0.25, -0.2) is 9.59 Å². The third kappa shape index (κ3) is 8.87. The van der Waals surface area contributed by atoms with Gasteiger partial charge in [0.1, 0.15) is 25.1 Å². The van der Waals surface area contributed by atoms with Gasteiger partial charge in [-0.1, -0.05) is 30.3 Å². The van der Waals surface area contributed by atoms with Crippen molar-refractivity contribution in [2.75, 3.05) is 46.6 Å². The number of rotatable bonds is 15. The van der Waals surface area contributed by atoms with Crippen molar-refractivity contribution in [1.29, 1.82) is 0 Å². The molecule has 12 nitrogen and oxygen atoms in total. The fourth-order valence-corrected chi connectivity index (χ4v) is 4.35. The van der Waals surface area contributed by atoms with E-state index in [0.717, 1.165) is 0 Å². The van der Waals surface area contributed by atoms with Gasteiger partial charge >= 0.3 is 11.9 Å². The molecule has 41 heavy (non-hydrogen) atoms. The molecule has 3 rings (SSSR count). The largest absolute Gasteiger partial charge is 0.491 e. The molecule has 3 N–H and O–H groups in total. The summed E-state index contributed by atoms with van der Waals surface area (Å²) in [4.78, 5) is 36.8. The van der Waals surface area contributed by atoms with Crippen molar-refractivity contribution in [2.24, 2.45) is 0 Å². The average molecular weight is 570 g/mol. The number of aliphatic hydroxyl groups is 1. The first kappa shape index (κ1) is 31.3. The number of hydrogen-bond acceptors (Lipinski definition) is 11. The van der Waals surface area contributed by atoms with Crippen molar-refractivity contribution in [3.05, 3.63) is 92.8 Å². The quantitative estimate of drug-likeness (QED) is 0.125. The van der Waals surface area contributed by atoms with Crippen LogP contribution in [-0.2, 0) is 23.8 Å². The van der Waals surface area contributed by atoms with Crippen LogP contribution in [-0.4, -0.2) is 74.7 Å². The zero-order valence-electron chi connectivity index (χ0n) is 23.3. The highest BCUT2D eigenvalue weighted by molar-refractivity contribution is 5.99. The van der Waals surface area contributed by atoms with E-state index in [9.17, 15) is 24.8 Å². The van der Waals surface area contributed by atoms with Gasteiger partial charge in [0.25, 0.3) is 5.69 Å². The van der Waals surface area contributed by atoms with Crippen LogP contribution in [0.5, 0.6) is 5.75 Å². The molecule has 12 heteroatoms. The number of esters is 2. The van der Waals surface area contributed by atoms with Crippen LogP contribution in [0.2, 0.25) is 0 Å². The number of nitro benzene ring substituents is 1. The number of nitro groups is 1. The number of para-hydroxylation sites is 1. The Morgan fingerprint density at radius 3 is 2.41 bits per heavy atom. The SMILES string of the molecule is COC(=O)C1=C(C)NC(C)=C(C(=O)OCCOCCNCC(O)COc2ccccc2)C1c1cccc([N+](=O)[O-])c1. The molecule has 0 radical (unpaired) electrons. The molecule has 0 aliphatic carbocycles. The number of methoxy groups -OCH3 is 1. The summed E-state index contributed by atoms with van der Waals surface area (Å²) in [5.41, 5.74) is 1.43. The molecular formula is C29H35N3O9.